The Morgan fingerprint density at radius 1 is 1.26 bits per heavy atom. The minimum absolute atomic E-state index is 0.000856. The van der Waals surface area contributed by atoms with Crippen LogP contribution in [0.4, 0.5) is 5.69 Å². The molecule has 0 bridgehead atoms. The highest BCUT2D eigenvalue weighted by molar-refractivity contribution is 7.08. The van der Waals surface area contributed by atoms with Gasteiger partial charge in [-0.2, -0.15) is 11.3 Å². The van der Waals surface area contributed by atoms with Crippen LogP contribution in [-0.4, -0.2) is 29.7 Å². The first-order chi connectivity index (χ1) is 13.2. The van der Waals surface area contributed by atoms with Gasteiger partial charge in [0.2, 0.25) is 5.91 Å². The number of imidazole rings is 1. The zero-order valence-electron chi connectivity index (χ0n) is 15.3. The van der Waals surface area contributed by atoms with E-state index in [-0.39, 0.29) is 11.8 Å². The number of nitrogens with zero attached hydrogens (tertiary/aromatic N) is 2. The lowest BCUT2D eigenvalue weighted by molar-refractivity contribution is -0.120. The lowest BCUT2D eigenvalue weighted by atomic mass is 9.98. The van der Waals surface area contributed by atoms with Crippen molar-refractivity contribution in [2.75, 3.05) is 19.5 Å². The Labute approximate surface area is 161 Å². The maximum absolute atomic E-state index is 12.9. The molecule has 0 saturated heterocycles. The first-order valence-electron chi connectivity index (χ1n) is 8.79. The van der Waals surface area contributed by atoms with Crippen molar-refractivity contribution in [3.63, 3.8) is 0 Å². The van der Waals surface area contributed by atoms with E-state index in [1.807, 2.05) is 6.20 Å². The summed E-state index contributed by atoms with van der Waals surface area (Å²) in [4.78, 5) is 17.4. The number of carbonyl (C=O) groups is 1. The Bertz CT molecular complexity index is 927. The molecule has 1 amide bonds. The number of thiophene rings is 1. The smallest absolute Gasteiger partial charge is 0.229 e. The van der Waals surface area contributed by atoms with Crippen molar-refractivity contribution < 1.29 is 14.3 Å². The van der Waals surface area contributed by atoms with E-state index in [0.29, 0.717) is 23.7 Å². The quantitative estimate of drug-likeness (QED) is 0.727. The third-order valence-corrected chi connectivity index (χ3v) is 5.55. The van der Waals surface area contributed by atoms with Crippen molar-refractivity contribution >= 4 is 22.9 Å². The topological polar surface area (TPSA) is 65.4 Å². The van der Waals surface area contributed by atoms with Crippen molar-refractivity contribution in [2.45, 2.75) is 19.4 Å². The highest BCUT2D eigenvalue weighted by Gasteiger charge is 2.27. The Morgan fingerprint density at radius 3 is 2.70 bits per heavy atom. The number of nitrogens with one attached hydrogen (secondary N) is 1. The summed E-state index contributed by atoms with van der Waals surface area (Å²) in [5, 5.41) is 7.17. The van der Waals surface area contributed by atoms with Crippen LogP contribution in [0.1, 0.15) is 12.2 Å². The van der Waals surface area contributed by atoms with Crippen LogP contribution in [-0.2, 0) is 17.8 Å². The molecule has 3 heterocycles. The molecule has 0 saturated carbocycles. The number of aryl methyl sites for hydroxylation is 1. The van der Waals surface area contributed by atoms with E-state index in [2.05, 4.69) is 31.7 Å². The molecule has 27 heavy (non-hydrogen) atoms. The third-order valence-electron chi connectivity index (χ3n) is 4.86. The summed E-state index contributed by atoms with van der Waals surface area (Å²) in [5.74, 6) is 2.22. The molecule has 140 valence electrons. The number of hydrogen-bond donors (Lipinski definition) is 1. The van der Waals surface area contributed by atoms with Crippen LogP contribution in [0.2, 0.25) is 0 Å². The van der Waals surface area contributed by atoms with Crippen LogP contribution in [0.25, 0.3) is 11.3 Å². The van der Waals surface area contributed by atoms with Gasteiger partial charge in [0.1, 0.15) is 17.3 Å². The van der Waals surface area contributed by atoms with Crippen molar-refractivity contribution in [2.24, 2.45) is 5.92 Å². The first kappa shape index (κ1) is 17.6. The number of fused-ring (bicyclic) bond motifs is 1. The maximum Gasteiger partial charge on any atom is 0.229 e. The first-order valence-corrected chi connectivity index (χ1v) is 9.73. The van der Waals surface area contributed by atoms with E-state index in [4.69, 9.17) is 9.47 Å². The largest absolute Gasteiger partial charge is 0.497 e. The number of carbonyl (C=O) groups excluding carboxylic acids is 1. The molecule has 0 aliphatic carbocycles. The summed E-state index contributed by atoms with van der Waals surface area (Å²) in [5.41, 5.74) is 2.90. The second-order valence-electron chi connectivity index (χ2n) is 6.51. The Morgan fingerprint density at radius 2 is 2.04 bits per heavy atom. The average Bonchev–Trinajstić information content (AvgIpc) is 3.36. The van der Waals surface area contributed by atoms with Gasteiger partial charge in [-0.05, 0) is 17.9 Å². The van der Waals surface area contributed by atoms with Crippen molar-refractivity contribution in [1.29, 1.82) is 0 Å². The normalized spacial score (nSPS) is 15.9. The summed E-state index contributed by atoms with van der Waals surface area (Å²) in [6, 6.07) is 7.45. The van der Waals surface area contributed by atoms with E-state index in [1.54, 1.807) is 43.8 Å². The summed E-state index contributed by atoms with van der Waals surface area (Å²) < 4.78 is 12.7. The second-order valence-corrected chi connectivity index (χ2v) is 7.29. The lowest BCUT2D eigenvalue weighted by Crippen LogP contribution is -2.31. The van der Waals surface area contributed by atoms with Gasteiger partial charge in [0.05, 0.1) is 32.0 Å². The minimum Gasteiger partial charge on any atom is -0.497 e. The van der Waals surface area contributed by atoms with E-state index >= 15 is 0 Å². The summed E-state index contributed by atoms with van der Waals surface area (Å²) in [6.45, 7) is 0.632. The van der Waals surface area contributed by atoms with Gasteiger partial charge in [-0.15, -0.1) is 0 Å². The van der Waals surface area contributed by atoms with E-state index < -0.39 is 0 Å². The van der Waals surface area contributed by atoms with Gasteiger partial charge in [-0.25, -0.2) is 4.98 Å². The van der Waals surface area contributed by atoms with Gasteiger partial charge in [0, 0.05) is 47.8 Å². The van der Waals surface area contributed by atoms with Gasteiger partial charge in [-0.3, -0.25) is 4.79 Å². The molecule has 1 N–H and O–H groups in total. The molecule has 2 aromatic heterocycles. The van der Waals surface area contributed by atoms with Crippen molar-refractivity contribution in [3.8, 4) is 22.8 Å². The maximum atomic E-state index is 12.9. The molecule has 0 spiro atoms. The van der Waals surface area contributed by atoms with Crippen molar-refractivity contribution in [1.82, 2.24) is 9.55 Å². The van der Waals surface area contributed by atoms with Gasteiger partial charge in [0.25, 0.3) is 0 Å². The highest BCUT2D eigenvalue weighted by Crippen LogP contribution is 2.30. The molecule has 0 radical (unpaired) electrons. The number of amides is 1. The van der Waals surface area contributed by atoms with E-state index in [9.17, 15) is 4.79 Å². The van der Waals surface area contributed by atoms with Crippen LogP contribution in [0, 0.1) is 5.92 Å². The van der Waals surface area contributed by atoms with Crippen LogP contribution in [0.3, 0.4) is 0 Å². The monoisotopic (exact) mass is 383 g/mol. The van der Waals surface area contributed by atoms with Crippen LogP contribution < -0.4 is 14.8 Å². The van der Waals surface area contributed by atoms with Crippen LogP contribution >= 0.6 is 11.3 Å². The fourth-order valence-corrected chi connectivity index (χ4v) is 4.06. The Kier molecular flexibility index (Phi) is 4.85. The number of ether oxygens (including phenoxy) is 2. The molecule has 0 fully saturated rings. The van der Waals surface area contributed by atoms with Gasteiger partial charge >= 0.3 is 0 Å². The molecule has 6 nitrogen and oxygen atoms in total. The van der Waals surface area contributed by atoms with Gasteiger partial charge in [0.15, 0.2) is 0 Å². The molecule has 1 unspecified atom stereocenters. The molecule has 3 aromatic rings. The lowest BCUT2D eigenvalue weighted by Gasteiger charge is -2.24. The summed E-state index contributed by atoms with van der Waals surface area (Å²) >= 11 is 1.66. The zero-order chi connectivity index (χ0) is 18.8. The number of anilines is 1. The fraction of sp³-hybridized carbons (Fsp3) is 0.300. The molecular formula is C20H21N3O3S. The molecule has 1 aliphatic rings. The summed E-state index contributed by atoms with van der Waals surface area (Å²) in [6.07, 6.45) is 3.49. The number of rotatable bonds is 5. The molecule has 4 rings (SSSR count). The Hall–Kier alpha value is -2.80. The Balaban J connectivity index is 1.52. The number of hydrogen-bond acceptors (Lipinski definition) is 5. The number of benzene rings is 1. The van der Waals surface area contributed by atoms with E-state index in [0.717, 1.165) is 29.9 Å². The highest BCUT2D eigenvalue weighted by atomic mass is 32.1. The average molecular weight is 383 g/mol. The fourth-order valence-electron chi connectivity index (χ4n) is 3.41. The molecule has 1 atom stereocenters. The molecule has 7 heteroatoms. The van der Waals surface area contributed by atoms with E-state index in [1.165, 1.54) is 0 Å². The zero-order valence-corrected chi connectivity index (χ0v) is 16.1. The molecule has 1 aromatic carbocycles. The van der Waals surface area contributed by atoms with Crippen LogP contribution in [0.5, 0.6) is 11.5 Å². The number of aromatic nitrogens is 2. The standard InChI is InChI=1S/C20H21N3O3S/c1-25-16-7-15(8-17(9-16)26-2)22-20(24)13-3-4-19-21-10-18(23(19)11-13)14-5-6-27-12-14/h5-10,12-13H,3-4,11H2,1-2H3,(H,22,24). The predicted octanol–water partition coefficient (Wildman–Crippen LogP) is 3.83. The molecule has 1 aliphatic heterocycles. The number of methoxy groups -OCH3 is 2. The SMILES string of the molecule is COc1cc(NC(=O)C2CCc3ncc(-c4ccsc4)n3C2)cc(OC)c1. The van der Waals surface area contributed by atoms with Crippen LogP contribution in [0.15, 0.2) is 41.2 Å². The van der Waals surface area contributed by atoms with Gasteiger partial charge in [-0.1, -0.05) is 0 Å². The molecular weight excluding hydrogens is 362 g/mol. The second kappa shape index (κ2) is 7.44. The summed E-state index contributed by atoms with van der Waals surface area (Å²) in [7, 11) is 3.18. The van der Waals surface area contributed by atoms with Gasteiger partial charge < -0.3 is 19.4 Å². The predicted molar refractivity (Wildman–Crippen MR) is 106 cm³/mol. The third kappa shape index (κ3) is 3.55. The minimum atomic E-state index is -0.110. The van der Waals surface area contributed by atoms with Crippen molar-refractivity contribution in [3.05, 3.63) is 47.0 Å².